The van der Waals surface area contributed by atoms with Crippen LogP contribution in [0.3, 0.4) is 0 Å². The average Bonchev–Trinajstić information content (AvgIpc) is 3.29. The molecule has 0 heterocycles. The summed E-state index contributed by atoms with van der Waals surface area (Å²) in [5.74, 6) is 0. The Bertz CT molecular complexity index is 2690. The van der Waals surface area contributed by atoms with E-state index < -0.39 is 23.5 Å². The highest BCUT2D eigenvalue weighted by atomic mass is 19.4. The summed E-state index contributed by atoms with van der Waals surface area (Å²) >= 11 is 0. The number of alkyl halides is 6. The summed E-state index contributed by atoms with van der Waals surface area (Å²) in [6, 6.07) is 58.3. The molecular formula is C56H38F6. The maximum absolute atomic E-state index is 13.3. The maximum Gasteiger partial charge on any atom is 0.416 e. The Morgan fingerprint density at radius 3 is 0.935 bits per heavy atom. The molecule has 304 valence electrons. The summed E-state index contributed by atoms with van der Waals surface area (Å²) in [7, 11) is 0. The zero-order valence-electron chi connectivity index (χ0n) is 33.2. The average molecular weight is 825 g/mol. The van der Waals surface area contributed by atoms with E-state index in [9.17, 15) is 26.3 Å². The van der Waals surface area contributed by atoms with E-state index >= 15 is 0 Å². The van der Waals surface area contributed by atoms with Crippen molar-refractivity contribution in [1.29, 1.82) is 0 Å². The van der Waals surface area contributed by atoms with E-state index in [2.05, 4.69) is 48.6 Å². The van der Waals surface area contributed by atoms with Crippen molar-refractivity contribution in [3.8, 4) is 0 Å². The molecule has 0 radical (unpaired) electrons. The molecule has 0 bridgehead atoms. The van der Waals surface area contributed by atoms with E-state index in [0.29, 0.717) is 11.1 Å². The molecule has 0 fully saturated rings. The van der Waals surface area contributed by atoms with Crippen LogP contribution in [0.5, 0.6) is 0 Å². The molecule has 0 unspecified atom stereocenters. The zero-order chi connectivity index (χ0) is 43.1. The van der Waals surface area contributed by atoms with Crippen molar-refractivity contribution < 1.29 is 26.3 Å². The minimum Gasteiger partial charge on any atom is -0.166 e. The minimum atomic E-state index is -4.40. The number of fused-ring (bicyclic) bond motifs is 1. The molecular weight excluding hydrogens is 787 g/mol. The van der Waals surface area contributed by atoms with Crippen LogP contribution in [-0.2, 0) is 12.4 Å². The zero-order valence-corrected chi connectivity index (χ0v) is 33.2. The van der Waals surface area contributed by atoms with Gasteiger partial charge in [-0.15, -0.1) is 0 Å². The molecule has 0 aliphatic carbocycles. The second-order valence-corrected chi connectivity index (χ2v) is 14.8. The molecule has 8 rings (SSSR count). The molecule has 62 heavy (non-hydrogen) atoms. The molecule has 0 aliphatic heterocycles. The largest absolute Gasteiger partial charge is 0.416 e. The topological polar surface area (TPSA) is 0 Å². The summed E-state index contributed by atoms with van der Waals surface area (Å²) in [6.45, 7) is 0. The van der Waals surface area contributed by atoms with Gasteiger partial charge >= 0.3 is 12.4 Å². The second kappa shape index (κ2) is 18.0. The van der Waals surface area contributed by atoms with Gasteiger partial charge in [-0.05, 0) is 114 Å². The standard InChI is InChI=1S/C56H38F6/c57-55(58,59)49-33-29-47(30-34-49)53(43-9-3-1-4-10-43)37-41-19-15-39(16-20-41)23-25-45-27-28-46(52-14-8-7-13-51(45)52)26-24-40-17-21-42(22-18-40)38-54(44-11-5-2-6-12-44)48-31-35-50(36-32-48)56(60,61)62/h1-38H/b25-23+,26-24+,53-37+,54-38+. The number of rotatable bonds is 10. The van der Waals surface area contributed by atoms with Crippen molar-refractivity contribution in [2.45, 2.75) is 12.4 Å². The smallest absolute Gasteiger partial charge is 0.166 e. The Labute approximate surface area is 356 Å². The molecule has 8 aromatic rings. The van der Waals surface area contributed by atoms with Gasteiger partial charge in [-0.3, -0.25) is 0 Å². The van der Waals surface area contributed by atoms with Crippen molar-refractivity contribution in [1.82, 2.24) is 0 Å². The van der Waals surface area contributed by atoms with Crippen LogP contribution in [0.25, 0.3) is 58.4 Å². The van der Waals surface area contributed by atoms with Gasteiger partial charge in [0.25, 0.3) is 0 Å². The molecule has 0 saturated heterocycles. The Morgan fingerprint density at radius 2 is 0.597 bits per heavy atom. The third-order valence-corrected chi connectivity index (χ3v) is 10.6. The van der Waals surface area contributed by atoms with Crippen LogP contribution in [0.4, 0.5) is 26.3 Å². The fraction of sp³-hybridized carbons (Fsp3) is 0.0357. The van der Waals surface area contributed by atoms with E-state index in [4.69, 9.17) is 0 Å². The van der Waals surface area contributed by atoms with Crippen LogP contribution in [0.15, 0.2) is 194 Å². The lowest BCUT2D eigenvalue weighted by Gasteiger charge is -2.12. The number of benzene rings is 8. The summed E-state index contributed by atoms with van der Waals surface area (Å²) in [4.78, 5) is 0. The van der Waals surface area contributed by atoms with E-state index in [-0.39, 0.29) is 0 Å². The lowest BCUT2D eigenvalue weighted by molar-refractivity contribution is -0.138. The highest BCUT2D eigenvalue weighted by Gasteiger charge is 2.31. The predicted octanol–water partition coefficient (Wildman–Crippen LogP) is 16.4. The van der Waals surface area contributed by atoms with Gasteiger partial charge in [0.15, 0.2) is 0 Å². The first-order valence-electron chi connectivity index (χ1n) is 20.0. The van der Waals surface area contributed by atoms with E-state index in [0.717, 1.165) is 90.7 Å². The van der Waals surface area contributed by atoms with Crippen LogP contribution < -0.4 is 0 Å². The van der Waals surface area contributed by atoms with Gasteiger partial charge in [-0.25, -0.2) is 0 Å². The first-order valence-corrected chi connectivity index (χ1v) is 20.0. The van der Waals surface area contributed by atoms with Crippen LogP contribution in [0.2, 0.25) is 0 Å². The summed E-state index contributed by atoms with van der Waals surface area (Å²) < 4.78 is 79.7. The molecule has 0 spiro atoms. The van der Waals surface area contributed by atoms with Gasteiger partial charge in [0.05, 0.1) is 11.1 Å². The van der Waals surface area contributed by atoms with E-state index in [1.54, 1.807) is 0 Å². The maximum atomic E-state index is 13.3. The summed E-state index contributed by atoms with van der Waals surface area (Å²) in [6.07, 6.45) is 3.50. The molecule has 0 aromatic heterocycles. The van der Waals surface area contributed by atoms with Gasteiger partial charge in [0, 0.05) is 0 Å². The van der Waals surface area contributed by atoms with Crippen molar-refractivity contribution in [2.24, 2.45) is 0 Å². The fourth-order valence-corrected chi connectivity index (χ4v) is 7.33. The SMILES string of the molecule is FC(F)(F)c1ccc(/C(=C/c2ccc(/C=C/c3ccc(/C=C/c4ccc(/C=C(\c5ccccc5)c5ccc(C(F)(F)F)cc5)cc4)c4ccccc34)cc2)c2ccccc2)cc1. The second-order valence-electron chi connectivity index (χ2n) is 14.8. The molecule has 0 amide bonds. The molecule has 0 N–H and O–H groups in total. The number of hydrogen-bond acceptors (Lipinski definition) is 0. The van der Waals surface area contributed by atoms with Crippen molar-refractivity contribution in [2.75, 3.05) is 0 Å². The Balaban J connectivity index is 0.999. The molecule has 0 nitrogen and oxygen atoms in total. The monoisotopic (exact) mass is 824 g/mol. The van der Waals surface area contributed by atoms with Crippen molar-refractivity contribution in [3.05, 3.63) is 261 Å². The number of halogens is 6. The normalized spacial score (nSPS) is 12.7. The van der Waals surface area contributed by atoms with Crippen molar-refractivity contribution in [3.63, 3.8) is 0 Å². The minimum absolute atomic E-state index is 0.681. The highest BCUT2D eigenvalue weighted by molar-refractivity contribution is 5.99. The number of hydrogen-bond donors (Lipinski definition) is 0. The Kier molecular flexibility index (Phi) is 12.0. The molecule has 0 aliphatic rings. The predicted molar refractivity (Wildman–Crippen MR) is 244 cm³/mol. The Morgan fingerprint density at radius 1 is 0.290 bits per heavy atom. The van der Waals surface area contributed by atoms with Crippen LogP contribution in [0, 0.1) is 0 Å². The van der Waals surface area contributed by atoms with Gasteiger partial charge in [-0.1, -0.05) is 194 Å². The third-order valence-electron chi connectivity index (χ3n) is 10.6. The van der Waals surface area contributed by atoms with Crippen LogP contribution >= 0.6 is 0 Å². The Hall–Kier alpha value is -7.44. The summed E-state index contributed by atoms with van der Waals surface area (Å²) in [5, 5.41) is 2.21. The third kappa shape index (κ3) is 9.94. The van der Waals surface area contributed by atoms with Gasteiger partial charge in [0.2, 0.25) is 0 Å². The van der Waals surface area contributed by atoms with E-state index in [1.807, 2.05) is 133 Å². The van der Waals surface area contributed by atoms with E-state index in [1.165, 1.54) is 24.3 Å². The first kappa shape index (κ1) is 41.3. The first-order chi connectivity index (χ1) is 30.0. The highest BCUT2D eigenvalue weighted by Crippen LogP contribution is 2.34. The molecule has 0 atom stereocenters. The molecule has 8 aromatic carbocycles. The molecule has 6 heteroatoms. The van der Waals surface area contributed by atoms with Gasteiger partial charge in [0.1, 0.15) is 0 Å². The summed E-state index contributed by atoms with van der Waals surface area (Å²) in [5.41, 5.74) is 9.45. The quantitative estimate of drug-likeness (QED) is 0.0952. The van der Waals surface area contributed by atoms with Gasteiger partial charge < -0.3 is 0 Å². The van der Waals surface area contributed by atoms with Crippen molar-refractivity contribution >= 4 is 58.4 Å². The lowest BCUT2D eigenvalue weighted by atomic mass is 9.94. The molecule has 0 saturated carbocycles. The van der Waals surface area contributed by atoms with Crippen LogP contribution in [0.1, 0.15) is 66.8 Å². The van der Waals surface area contributed by atoms with Crippen LogP contribution in [-0.4, -0.2) is 0 Å². The van der Waals surface area contributed by atoms with Gasteiger partial charge in [-0.2, -0.15) is 26.3 Å². The fourth-order valence-electron chi connectivity index (χ4n) is 7.33. The lowest BCUT2D eigenvalue weighted by Crippen LogP contribution is -2.04.